The van der Waals surface area contributed by atoms with Gasteiger partial charge < -0.3 is 43.5 Å². The van der Waals surface area contributed by atoms with Crippen molar-refractivity contribution >= 4 is 76.0 Å². The van der Waals surface area contributed by atoms with Gasteiger partial charge in [0.25, 0.3) is 5.69 Å². The average molecular weight is 904 g/mol. The van der Waals surface area contributed by atoms with Crippen LogP contribution >= 0.6 is 23.4 Å². The molecule has 0 aliphatic carbocycles. The number of nitro groups is 1. The SMILES string of the molecule is C#C[C@@]1(O)[C@@H](COC2SC=C(C(C)C(=O)O)N2c2ccc([N+](=O)[O-])cc2)O[C@@H](n2cnc3c(N(C(=O)OC(C)(C)C)C(=O)OC(C)(C)C)nc(Cl)nc32)[C@@H]1OC(=O)OC(C)(C)C. The number of carboxylic acid groups (broad SMARTS) is 1. The first-order valence-corrected chi connectivity index (χ1v) is 20.1. The van der Waals surface area contributed by atoms with Crippen molar-refractivity contribution in [2.24, 2.45) is 5.92 Å². The molecule has 1 saturated heterocycles. The molecule has 2 N–H and O–H groups in total. The quantitative estimate of drug-likeness (QED) is 0.0532. The van der Waals surface area contributed by atoms with Gasteiger partial charge in [-0.3, -0.25) is 19.5 Å². The third-order valence-electron chi connectivity index (χ3n) is 8.68. The molecule has 2 aliphatic heterocycles. The number of rotatable bonds is 10. The molecule has 5 rings (SSSR count). The summed E-state index contributed by atoms with van der Waals surface area (Å²) in [6.07, 6.45) is -1.46. The zero-order valence-corrected chi connectivity index (χ0v) is 36.9. The van der Waals surface area contributed by atoms with Gasteiger partial charge in [-0.2, -0.15) is 14.9 Å². The molecule has 1 fully saturated rings. The van der Waals surface area contributed by atoms with Gasteiger partial charge in [-0.25, -0.2) is 19.4 Å². The molecule has 21 nitrogen and oxygen atoms in total. The van der Waals surface area contributed by atoms with Crippen LogP contribution in [0.4, 0.5) is 31.6 Å². The first-order chi connectivity index (χ1) is 28.6. The van der Waals surface area contributed by atoms with Gasteiger partial charge in [-0.05, 0) is 98.4 Å². The number of amides is 2. The number of aromatic nitrogens is 4. The molecule has 0 bridgehead atoms. The van der Waals surface area contributed by atoms with Crippen molar-refractivity contribution in [2.45, 2.75) is 116 Å². The Morgan fingerprint density at radius 3 is 2.13 bits per heavy atom. The zero-order chi connectivity index (χ0) is 46.3. The molecule has 0 saturated carbocycles. The number of thioether (sulfide) groups is 1. The van der Waals surface area contributed by atoms with E-state index in [1.165, 1.54) is 40.7 Å². The number of imide groups is 1. The topological polar surface area (TPSA) is 257 Å². The highest BCUT2D eigenvalue weighted by molar-refractivity contribution is 8.03. The van der Waals surface area contributed by atoms with Crippen LogP contribution in [0.1, 0.15) is 75.5 Å². The van der Waals surface area contributed by atoms with Crippen LogP contribution < -0.4 is 9.80 Å². The molecule has 23 heteroatoms. The van der Waals surface area contributed by atoms with Crippen molar-refractivity contribution in [3.63, 3.8) is 0 Å². The normalized spacial score (nSPS) is 22.0. The van der Waals surface area contributed by atoms with Crippen LogP contribution in [0.2, 0.25) is 5.28 Å². The molecule has 0 radical (unpaired) electrons. The minimum absolute atomic E-state index is 0.201. The molecule has 1 aromatic carbocycles. The van der Waals surface area contributed by atoms with Crippen molar-refractivity contribution in [3.05, 3.63) is 57.1 Å². The molecule has 2 aliphatic rings. The number of carbonyl (C=O) groups is 4. The summed E-state index contributed by atoms with van der Waals surface area (Å²) in [5.41, 5.74) is -6.76. The van der Waals surface area contributed by atoms with Gasteiger partial charge in [0, 0.05) is 23.5 Å². The molecule has 2 unspecified atom stereocenters. The second kappa shape index (κ2) is 17.6. The summed E-state index contributed by atoms with van der Waals surface area (Å²) >= 11 is 7.48. The Bertz CT molecular complexity index is 2290. The minimum atomic E-state index is -2.50. The Labute approximate surface area is 364 Å². The third-order valence-corrected chi connectivity index (χ3v) is 9.81. The minimum Gasteiger partial charge on any atom is -0.481 e. The molecule has 334 valence electrons. The molecule has 3 aromatic rings. The van der Waals surface area contributed by atoms with E-state index in [9.17, 15) is 39.5 Å². The van der Waals surface area contributed by atoms with E-state index >= 15 is 0 Å². The van der Waals surface area contributed by atoms with Crippen LogP contribution in [-0.4, -0.2) is 106 Å². The second-order valence-corrected chi connectivity index (χ2v) is 18.2. The number of fused-ring (bicyclic) bond motifs is 1. The monoisotopic (exact) mass is 903 g/mol. The van der Waals surface area contributed by atoms with Gasteiger partial charge in [-0.1, -0.05) is 17.7 Å². The fourth-order valence-electron chi connectivity index (χ4n) is 6.00. The third kappa shape index (κ3) is 10.5. The Balaban J connectivity index is 1.57. The van der Waals surface area contributed by atoms with Crippen LogP contribution in [0.15, 0.2) is 41.7 Å². The van der Waals surface area contributed by atoms with E-state index in [0.29, 0.717) is 10.6 Å². The number of hydrogen-bond donors (Lipinski definition) is 2. The number of halogens is 1. The fourth-order valence-corrected chi connectivity index (χ4v) is 7.25. The number of benzene rings is 1. The Kier molecular flexibility index (Phi) is 13.4. The lowest BCUT2D eigenvalue weighted by Crippen LogP contribution is -2.51. The van der Waals surface area contributed by atoms with Crippen molar-refractivity contribution < 1.29 is 62.7 Å². The molecule has 6 atom stereocenters. The molecule has 4 heterocycles. The maximum atomic E-state index is 13.6. The smallest absolute Gasteiger partial charge is 0.481 e. The fraction of sp³-hybridized carbons (Fsp3) is 0.513. The maximum Gasteiger partial charge on any atom is 0.509 e. The van der Waals surface area contributed by atoms with Crippen molar-refractivity contribution in [1.29, 1.82) is 0 Å². The molecule has 2 aromatic heterocycles. The van der Waals surface area contributed by atoms with Gasteiger partial charge in [0.05, 0.1) is 23.8 Å². The first-order valence-electron chi connectivity index (χ1n) is 18.8. The molecule has 2 amide bonds. The van der Waals surface area contributed by atoms with Crippen molar-refractivity contribution in [1.82, 2.24) is 19.5 Å². The highest BCUT2D eigenvalue weighted by atomic mass is 35.5. The van der Waals surface area contributed by atoms with E-state index in [2.05, 4.69) is 20.9 Å². The van der Waals surface area contributed by atoms with Crippen LogP contribution in [0.25, 0.3) is 11.2 Å². The summed E-state index contributed by atoms with van der Waals surface area (Å²) in [5.74, 6) is -0.409. The Morgan fingerprint density at radius 1 is 1.03 bits per heavy atom. The number of imidazole rings is 1. The standard InChI is InChI=1S/C39H46ClN7O14S/c1-12-39(53)24(17-56-34-45(23(18-62-34)20(2)30(48)49)21-13-15-22(16-14-21)47(54)55)57-29(26(39)58-35(52)61-38(9,10)11)44-19-41-25-27(44)42-31(40)43-28(25)46(32(50)59-36(3,4)5)33(51)60-37(6,7)8/h1,13-16,18-20,24,26,29,34,53H,17H2,2-11H3,(H,48,49)/t20?,24-,26+,29-,34?,39-/m1/s1. The van der Waals surface area contributed by atoms with Gasteiger partial charge in [0.1, 0.15) is 22.9 Å². The zero-order valence-electron chi connectivity index (χ0n) is 35.3. The summed E-state index contributed by atoms with van der Waals surface area (Å²) < 4.78 is 35.9. The summed E-state index contributed by atoms with van der Waals surface area (Å²) in [6.45, 7) is 15.1. The van der Waals surface area contributed by atoms with Crippen LogP contribution in [0, 0.1) is 28.4 Å². The number of aliphatic hydroxyl groups is 1. The number of nitro benzene ring substituents is 1. The number of ether oxygens (including phenoxy) is 6. The van der Waals surface area contributed by atoms with Crippen molar-refractivity contribution in [3.8, 4) is 12.3 Å². The van der Waals surface area contributed by atoms with Gasteiger partial charge in [0.15, 0.2) is 40.5 Å². The number of anilines is 2. The summed E-state index contributed by atoms with van der Waals surface area (Å²) in [6, 6.07) is 5.34. The number of hydrogen-bond acceptors (Lipinski definition) is 18. The van der Waals surface area contributed by atoms with E-state index in [1.54, 1.807) is 67.7 Å². The highest BCUT2D eigenvalue weighted by Crippen LogP contribution is 2.44. The number of nitrogens with zero attached hydrogens (tertiary/aromatic N) is 7. The second-order valence-electron chi connectivity index (χ2n) is 16.9. The Hall–Kier alpha value is -5.73. The predicted molar refractivity (Wildman–Crippen MR) is 222 cm³/mol. The van der Waals surface area contributed by atoms with Crippen LogP contribution in [0.3, 0.4) is 0 Å². The maximum absolute atomic E-state index is 13.6. The Morgan fingerprint density at radius 2 is 1.61 bits per heavy atom. The van der Waals surface area contributed by atoms with Crippen molar-refractivity contribution in [2.75, 3.05) is 16.4 Å². The van der Waals surface area contributed by atoms with Gasteiger partial charge in [0.2, 0.25) is 5.28 Å². The number of terminal acetylenes is 1. The van der Waals surface area contributed by atoms with E-state index < -0.39 is 99.3 Å². The average Bonchev–Trinajstić information content (AvgIpc) is 3.82. The number of carbonyl (C=O) groups excluding carboxylic acids is 3. The van der Waals surface area contributed by atoms with E-state index in [1.807, 2.05) is 0 Å². The molecular formula is C39H46ClN7O14S. The molecular weight excluding hydrogens is 858 g/mol. The van der Waals surface area contributed by atoms with E-state index in [-0.39, 0.29) is 22.5 Å². The lowest BCUT2D eigenvalue weighted by Gasteiger charge is -2.32. The summed E-state index contributed by atoms with van der Waals surface area (Å²) in [5, 5.41) is 34.6. The lowest BCUT2D eigenvalue weighted by atomic mass is 9.93. The lowest BCUT2D eigenvalue weighted by molar-refractivity contribution is -0.384. The van der Waals surface area contributed by atoms with Gasteiger partial charge >= 0.3 is 24.3 Å². The van der Waals surface area contributed by atoms with E-state index in [4.69, 9.17) is 46.4 Å². The van der Waals surface area contributed by atoms with Crippen LogP contribution in [0.5, 0.6) is 0 Å². The molecule has 62 heavy (non-hydrogen) atoms. The number of aliphatic carboxylic acids is 1. The molecule has 0 spiro atoms. The number of carboxylic acids is 1. The largest absolute Gasteiger partial charge is 0.509 e. The van der Waals surface area contributed by atoms with Crippen LogP contribution in [-0.2, 0) is 33.2 Å². The number of non-ortho nitro benzene ring substituents is 1. The first kappa shape index (κ1) is 47.3. The summed E-state index contributed by atoms with van der Waals surface area (Å²) in [7, 11) is 0. The van der Waals surface area contributed by atoms with E-state index in [0.717, 1.165) is 18.1 Å². The highest BCUT2D eigenvalue weighted by Gasteiger charge is 2.59. The predicted octanol–water partition coefficient (Wildman–Crippen LogP) is 6.76. The summed E-state index contributed by atoms with van der Waals surface area (Å²) in [4.78, 5) is 78.2. The van der Waals surface area contributed by atoms with Gasteiger partial charge in [-0.15, -0.1) is 6.42 Å².